The highest BCUT2D eigenvalue weighted by atomic mass is 16.5. The van der Waals surface area contributed by atoms with E-state index in [0.717, 1.165) is 36.0 Å². The number of hydrogen-bond donors (Lipinski definition) is 0. The van der Waals surface area contributed by atoms with E-state index in [4.69, 9.17) is 9.47 Å². The zero-order chi connectivity index (χ0) is 19.8. The molecule has 4 nitrogen and oxygen atoms in total. The second kappa shape index (κ2) is 9.51. The van der Waals surface area contributed by atoms with Crippen molar-refractivity contribution in [1.29, 1.82) is 0 Å². The Hall–Kier alpha value is -3.40. The minimum Gasteiger partial charge on any atom is -0.489 e. The molecule has 0 fully saturated rings. The van der Waals surface area contributed by atoms with Gasteiger partial charge in [-0.05, 0) is 59.9 Å². The molecule has 142 valence electrons. The third-order valence-corrected chi connectivity index (χ3v) is 4.52. The fourth-order valence-corrected chi connectivity index (χ4v) is 2.95. The maximum Gasteiger partial charge on any atom is 0.337 e. The fraction of sp³-hybridized carbons (Fsp3) is 0.167. The molecule has 0 saturated carbocycles. The van der Waals surface area contributed by atoms with Crippen LogP contribution in [-0.4, -0.2) is 19.4 Å². The highest BCUT2D eigenvalue weighted by Gasteiger charge is 2.08. The summed E-state index contributed by atoms with van der Waals surface area (Å²) in [7, 11) is 1.36. The summed E-state index contributed by atoms with van der Waals surface area (Å²) in [6.07, 6.45) is 2.50. The predicted octanol–water partition coefficient (Wildman–Crippen LogP) is 4.65. The zero-order valence-electron chi connectivity index (χ0n) is 15.8. The van der Waals surface area contributed by atoms with Gasteiger partial charge in [-0.25, -0.2) is 4.79 Å². The highest BCUT2D eigenvalue weighted by molar-refractivity contribution is 5.89. The van der Waals surface area contributed by atoms with Crippen LogP contribution in [0.4, 0.5) is 0 Å². The van der Waals surface area contributed by atoms with Crippen molar-refractivity contribution in [2.45, 2.75) is 19.4 Å². The van der Waals surface area contributed by atoms with Crippen molar-refractivity contribution in [2.75, 3.05) is 7.11 Å². The molecule has 0 aliphatic rings. The van der Waals surface area contributed by atoms with Crippen molar-refractivity contribution >= 4 is 12.3 Å². The van der Waals surface area contributed by atoms with E-state index in [0.29, 0.717) is 17.7 Å². The minimum atomic E-state index is -0.361. The Kier molecular flexibility index (Phi) is 6.58. The lowest BCUT2D eigenvalue weighted by molar-refractivity contribution is 0.0600. The summed E-state index contributed by atoms with van der Waals surface area (Å²) in [6.45, 7) is 0.375. The van der Waals surface area contributed by atoms with Gasteiger partial charge in [0.05, 0.1) is 12.7 Å². The van der Waals surface area contributed by atoms with Crippen LogP contribution < -0.4 is 4.74 Å². The van der Waals surface area contributed by atoms with Crippen molar-refractivity contribution < 1.29 is 19.1 Å². The monoisotopic (exact) mass is 374 g/mol. The largest absolute Gasteiger partial charge is 0.489 e. The molecule has 28 heavy (non-hydrogen) atoms. The Balaban J connectivity index is 1.70. The van der Waals surface area contributed by atoms with Gasteiger partial charge in [-0.1, -0.05) is 42.5 Å². The van der Waals surface area contributed by atoms with E-state index < -0.39 is 0 Å². The van der Waals surface area contributed by atoms with Crippen LogP contribution in [0.15, 0.2) is 72.8 Å². The molecule has 0 aromatic heterocycles. The Morgan fingerprint density at radius 2 is 1.64 bits per heavy atom. The van der Waals surface area contributed by atoms with Crippen molar-refractivity contribution in [3.63, 3.8) is 0 Å². The summed E-state index contributed by atoms with van der Waals surface area (Å²) < 4.78 is 10.7. The molecule has 3 rings (SSSR count). The molecule has 0 bridgehead atoms. The number of rotatable bonds is 8. The molecule has 0 aliphatic heterocycles. The van der Waals surface area contributed by atoms with Crippen LogP contribution in [0.25, 0.3) is 0 Å². The average molecular weight is 374 g/mol. The molecule has 0 radical (unpaired) electrons. The van der Waals surface area contributed by atoms with E-state index in [2.05, 4.69) is 12.1 Å². The van der Waals surface area contributed by atoms with Crippen molar-refractivity contribution in [1.82, 2.24) is 0 Å². The van der Waals surface area contributed by atoms with Gasteiger partial charge in [-0.15, -0.1) is 0 Å². The molecule has 3 aromatic rings. The zero-order valence-corrected chi connectivity index (χ0v) is 15.8. The van der Waals surface area contributed by atoms with Crippen LogP contribution in [0.3, 0.4) is 0 Å². The summed E-state index contributed by atoms with van der Waals surface area (Å²) in [5.41, 5.74) is 4.33. The third-order valence-electron chi connectivity index (χ3n) is 4.52. The summed E-state index contributed by atoms with van der Waals surface area (Å²) in [4.78, 5) is 22.7. The molecular weight excluding hydrogens is 352 g/mol. The molecule has 0 heterocycles. The van der Waals surface area contributed by atoms with Crippen LogP contribution in [0, 0.1) is 0 Å². The molecule has 0 amide bonds. The summed E-state index contributed by atoms with van der Waals surface area (Å²) in [5.74, 6) is 0.402. The molecule has 0 N–H and O–H groups in total. The van der Waals surface area contributed by atoms with Crippen LogP contribution in [0.5, 0.6) is 5.75 Å². The Morgan fingerprint density at radius 3 is 2.32 bits per heavy atom. The first-order chi connectivity index (χ1) is 13.7. The number of ether oxygens (including phenoxy) is 2. The third kappa shape index (κ3) is 5.07. The smallest absolute Gasteiger partial charge is 0.337 e. The lowest BCUT2D eigenvalue weighted by Gasteiger charge is -2.13. The van der Waals surface area contributed by atoms with Crippen LogP contribution >= 0.6 is 0 Å². The topological polar surface area (TPSA) is 52.6 Å². The first-order valence-corrected chi connectivity index (χ1v) is 9.11. The highest BCUT2D eigenvalue weighted by Crippen LogP contribution is 2.23. The van der Waals surface area contributed by atoms with Gasteiger partial charge in [0.15, 0.2) is 0 Å². The second-order valence-corrected chi connectivity index (χ2v) is 6.45. The van der Waals surface area contributed by atoms with Crippen LogP contribution in [-0.2, 0) is 24.2 Å². The van der Waals surface area contributed by atoms with Gasteiger partial charge in [0, 0.05) is 5.56 Å². The Labute approximate surface area is 164 Å². The van der Waals surface area contributed by atoms with E-state index >= 15 is 0 Å². The van der Waals surface area contributed by atoms with Gasteiger partial charge in [-0.2, -0.15) is 0 Å². The number of aldehydes is 1. The number of methoxy groups -OCH3 is 1. The van der Waals surface area contributed by atoms with Crippen molar-refractivity contribution in [3.8, 4) is 5.75 Å². The SMILES string of the molecule is COC(=O)c1ccc(COc2ccc(C=O)cc2CCc2ccccc2)cc1. The molecule has 3 aromatic carbocycles. The normalized spacial score (nSPS) is 10.3. The van der Waals surface area contributed by atoms with Gasteiger partial charge in [0.2, 0.25) is 0 Å². The number of aryl methyl sites for hydroxylation is 2. The maximum atomic E-state index is 11.5. The summed E-state index contributed by atoms with van der Waals surface area (Å²) in [5, 5.41) is 0. The maximum absolute atomic E-state index is 11.5. The Bertz CT molecular complexity index is 931. The lowest BCUT2D eigenvalue weighted by atomic mass is 10.0. The van der Waals surface area contributed by atoms with Crippen molar-refractivity contribution in [3.05, 3.63) is 101 Å². The van der Waals surface area contributed by atoms with Crippen molar-refractivity contribution in [2.24, 2.45) is 0 Å². The van der Waals surface area contributed by atoms with E-state index in [-0.39, 0.29) is 5.97 Å². The van der Waals surface area contributed by atoms with E-state index in [1.54, 1.807) is 18.2 Å². The molecule has 0 atom stereocenters. The molecule has 0 aliphatic carbocycles. The van der Waals surface area contributed by atoms with Gasteiger partial charge in [0.1, 0.15) is 18.6 Å². The van der Waals surface area contributed by atoms with Gasteiger partial charge in [0.25, 0.3) is 0 Å². The number of hydrogen-bond acceptors (Lipinski definition) is 4. The standard InChI is InChI=1S/C24H22O4/c1-27-24(26)21-11-8-19(9-12-21)17-28-23-14-10-20(16-25)15-22(23)13-7-18-5-3-2-4-6-18/h2-6,8-12,14-16H,7,13,17H2,1H3. The van der Waals surface area contributed by atoms with Gasteiger partial charge in [-0.3, -0.25) is 4.79 Å². The van der Waals surface area contributed by atoms with E-state index in [9.17, 15) is 9.59 Å². The summed E-state index contributed by atoms with van der Waals surface area (Å²) in [6, 6.07) is 22.8. The molecular formula is C24H22O4. The van der Waals surface area contributed by atoms with Gasteiger partial charge >= 0.3 is 5.97 Å². The average Bonchev–Trinajstić information content (AvgIpc) is 2.77. The van der Waals surface area contributed by atoms with E-state index in [1.165, 1.54) is 12.7 Å². The predicted molar refractivity (Wildman–Crippen MR) is 108 cm³/mol. The minimum absolute atomic E-state index is 0.361. The van der Waals surface area contributed by atoms with E-state index in [1.807, 2.05) is 42.5 Å². The first-order valence-electron chi connectivity index (χ1n) is 9.11. The molecule has 0 saturated heterocycles. The number of esters is 1. The quantitative estimate of drug-likeness (QED) is 0.425. The number of benzene rings is 3. The fourth-order valence-electron chi connectivity index (χ4n) is 2.95. The second-order valence-electron chi connectivity index (χ2n) is 6.45. The number of carbonyl (C=O) groups is 2. The lowest BCUT2D eigenvalue weighted by Crippen LogP contribution is -2.03. The summed E-state index contributed by atoms with van der Waals surface area (Å²) >= 11 is 0. The Morgan fingerprint density at radius 1 is 0.893 bits per heavy atom. The molecule has 4 heteroatoms. The number of carbonyl (C=O) groups excluding carboxylic acids is 2. The van der Waals surface area contributed by atoms with Crippen LogP contribution in [0.2, 0.25) is 0 Å². The molecule has 0 spiro atoms. The van der Waals surface area contributed by atoms with Gasteiger partial charge < -0.3 is 9.47 Å². The van der Waals surface area contributed by atoms with Crippen LogP contribution in [0.1, 0.15) is 37.4 Å². The molecule has 0 unspecified atom stereocenters. The first kappa shape index (κ1) is 19.4.